The van der Waals surface area contributed by atoms with Gasteiger partial charge in [0.05, 0.1) is 18.8 Å². The van der Waals surface area contributed by atoms with Gasteiger partial charge in [0.15, 0.2) is 17.3 Å². The maximum atomic E-state index is 15.1. The molecule has 4 heteroatoms. The molecule has 1 atom stereocenters. The zero-order valence-electron chi connectivity index (χ0n) is 12.9. The van der Waals surface area contributed by atoms with E-state index in [2.05, 4.69) is 11.9 Å². The van der Waals surface area contributed by atoms with E-state index in [1.807, 2.05) is 26.8 Å². The summed E-state index contributed by atoms with van der Waals surface area (Å²) in [4.78, 5) is 0. The third-order valence-electron chi connectivity index (χ3n) is 4.47. The molecule has 0 aromatic heterocycles. The lowest BCUT2D eigenvalue weighted by molar-refractivity contribution is 0.273. The highest BCUT2D eigenvalue weighted by molar-refractivity contribution is 5.59. The van der Waals surface area contributed by atoms with Crippen molar-refractivity contribution in [2.75, 3.05) is 13.2 Å². The largest absolute Gasteiger partial charge is 0.490 e. The van der Waals surface area contributed by atoms with E-state index in [0.717, 1.165) is 18.4 Å². The highest BCUT2D eigenvalue weighted by Gasteiger charge is 2.57. The number of ether oxygens (including phenoxy) is 2. The van der Waals surface area contributed by atoms with Gasteiger partial charge in [0.2, 0.25) is 0 Å². The molecule has 3 rings (SSSR count). The third-order valence-corrected chi connectivity index (χ3v) is 4.47. The summed E-state index contributed by atoms with van der Waals surface area (Å²) in [5.74, 6) is 0.388. The fourth-order valence-electron chi connectivity index (χ4n) is 3.33. The Morgan fingerprint density at radius 2 is 2.00 bits per heavy atom. The minimum atomic E-state index is -0.563. The van der Waals surface area contributed by atoms with Crippen molar-refractivity contribution in [3.63, 3.8) is 0 Å². The predicted molar refractivity (Wildman–Crippen MR) is 80.3 cm³/mol. The zero-order chi connectivity index (χ0) is 15.3. The second-order valence-electron chi connectivity index (χ2n) is 5.92. The Morgan fingerprint density at radius 1 is 1.33 bits per heavy atom. The molecule has 0 bridgehead atoms. The second-order valence-corrected chi connectivity index (χ2v) is 5.92. The molecular weight excluding hydrogens is 269 g/mol. The third kappa shape index (κ3) is 1.96. The Balaban J connectivity index is 2.23. The summed E-state index contributed by atoms with van der Waals surface area (Å²) in [6, 6.07) is 1.95. The fourth-order valence-corrected chi connectivity index (χ4v) is 3.33. The number of halogens is 1. The lowest BCUT2D eigenvalue weighted by Gasteiger charge is -2.24. The van der Waals surface area contributed by atoms with Gasteiger partial charge in [-0.1, -0.05) is 6.08 Å². The van der Waals surface area contributed by atoms with E-state index in [1.165, 1.54) is 0 Å². The Morgan fingerprint density at radius 3 is 2.52 bits per heavy atom. The molecule has 0 radical (unpaired) electrons. The van der Waals surface area contributed by atoms with E-state index < -0.39 is 5.54 Å². The molecule has 1 aromatic rings. The van der Waals surface area contributed by atoms with Gasteiger partial charge in [0.1, 0.15) is 0 Å². The summed E-state index contributed by atoms with van der Waals surface area (Å²) in [5, 5.41) is 3.54. The van der Waals surface area contributed by atoms with Crippen molar-refractivity contribution < 1.29 is 13.9 Å². The maximum absolute atomic E-state index is 15.1. The molecule has 1 aliphatic carbocycles. The molecule has 1 fully saturated rings. The van der Waals surface area contributed by atoms with Crippen LogP contribution in [0.25, 0.3) is 0 Å². The van der Waals surface area contributed by atoms with Crippen molar-refractivity contribution in [2.24, 2.45) is 0 Å². The molecule has 21 heavy (non-hydrogen) atoms. The number of hydrogen-bond donors (Lipinski definition) is 1. The van der Waals surface area contributed by atoms with Gasteiger partial charge in [0, 0.05) is 11.1 Å². The SMILES string of the molecule is C=CC1(C)NC2(CC2)c2cc(OCC)c(OCC)c(F)c21. The fraction of sp³-hybridized carbons (Fsp3) is 0.529. The lowest BCUT2D eigenvalue weighted by atomic mass is 9.90. The minimum absolute atomic E-state index is 0.115. The molecule has 1 heterocycles. The highest BCUT2D eigenvalue weighted by atomic mass is 19.1. The van der Waals surface area contributed by atoms with Crippen molar-refractivity contribution >= 4 is 0 Å². The highest BCUT2D eigenvalue weighted by Crippen LogP contribution is 2.58. The average Bonchev–Trinajstić information content (AvgIpc) is 3.17. The van der Waals surface area contributed by atoms with Gasteiger partial charge in [0.25, 0.3) is 0 Å². The summed E-state index contributed by atoms with van der Waals surface area (Å²) < 4.78 is 26.2. The van der Waals surface area contributed by atoms with Crippen LogP contribution < -0.4 is 14.8 Å². The smallest absolute Gasteiger partial charge is 0.197 e. The second kappa shape index (κ2) is 4.73. The van der Waals surface area contributed by atoms with Crippen LogP contribution in [0.2, 0.25) is 0 Å². The molecule has 1 N–H and O–H groups in total. The number of fused-ring (bicyclic) bond motifs is 2. The Hall–Kier alpha value is -1.55. The molecule has 1 unspecified atom stereocenters. The first-order valence-corrected chi connectivity index (χ1v) is 7.57. The lowest BCUT2D eigenvalue weighted by Crippen LogP contribution is -2.36. The van der Waals surface area contributed by atoms with E-state index in [-0.39, 0.29) is 17.1 Å². The van der Waals surface area contributed by atoms with Crippen molar-refractivity contribution in [1.82, 2.24) is 5.32 Å². The van der Waals surface area contributed by atoms with Crippen molar-refractivity contribution in [3.05, 3.63) is 35.7 Å². The van der Waals surface area contributed by atoms with Crippen molar-refractivity contribution in [1.29, 1.82) is 0 Å². The van der Waals surface area contributed by atoms with E-state index in [9.17, 15) is 0 Å². The van der Waals surface area contributed by atoms with Crippen LogP contribution in [0, 0.1) is 5.82 Å². The normalized spacial score (nSPS) is 24.8. The number of benzene rings is 1. The van der Waals surface area contributed by atoms with Crippen LogP contribution in [-0.2, 0) is 11.1 Å². The average molecular weight is 291 g/mol. The minimum Gasteiger partial charge on any atom is -0.490 e. The van der Waals surface area contributed by atoms with Gasteiger partial charge in [-0.2, -0.15) is 0 Å². The van der Waals surface area contributed by atoms with Crippen molar-refractivity contribution in [3.8, 4) is 11.5 Å². The van der Waals surface area contributed by atoms with Crippen LogP contribution in [0.3, 0.4) is 0 Å². The molecule has 1 aliphatic heterocycles. The molecule has 0 amide bonds. The maximum Gasteiger partial charge on any atom is 0.197 e. The number of rotatable bonds is 5. The zero-order valence-corrected chi connectivity index (χ0v) is 12.9. The summed E-state index contributed by atoms with van der Waals surface area (Å²) in [7, 11) is 0. The van der Waals surface area contributed by atoms with Gasteiger partial charge in [-0.05, 0) is 45.2 Å². The van der Waals surface area contributed by atoms with E-state index in [0.29, 0.717) is 24.5 Å². The molecule has 1 saturated carbocycles. The first kappa shape index (κ1) is 14.4. The van der Waals surface area contributed by atoms with Gasteiger partial charge < -0.3 is 9.47 Å². The molecular formula is C17H22FNO2. The molecule has 1 spiro atoms. The number of nitrogens with one attached hydrogen (secondary N) is 1. The quantitative estimate of drug-likeness (QED) is 0.841. The Kier molecular flexibility index (Phi) is 3.24. The van der Waals surface area contributed by atoms with Crippen LogP contribution in [-0.4, -0.2) is 13.2 Å². The van der Waals surface area contributed by atoms with Gasteiger partial charge in [-0.3, -0.25) is 5.32 Å². The predicted octanol–water partition coefficient (Wildman–Crippen LogP) is 3.62. The summed E-state index contributed by atoms with van der Waals surface area (Å²) >= 11 is 0. The van der Waals surface area contributed by atoms with E-state index >= 15 is 4.39 Å². The first-order valence-electron chi connectivity index (χ1n) is 7.57. The van der Waals surface area contributed by atoms with Crippen LogP contribution in [0.15, 0.2) is 18.7 Å². The van der Waals surface area contributed by atoms with Gasteiger partial charge in [-0.25, -0.2) is 4.39 Å². The molecule has 3 nitrogen and oxygen atoms in total. The van der Waals surface area contributed by atoms with Gasteiger partial charge >= 0.3 is 0 Å². The standard InChI is InChI=1S/C17H22FNO2/c1-5-16(4)13-11(17(19-16)8-9-17)10-12(20-6-2)15(14(13)18)21-7-3/h5,10,19H,1,6-9H2,2-4H3. The van der Waals surface area contributed by atoms with Crippen LogP contribution >= 0.6 is 0 Å². The topological polar surface area (TPSA) is 30.5 Å². The van der Waals surface area contributed by atoms with Gasteiger partial charge in [-0.15, -0.1) is 6.58 Å². The molecule has 114 valence electrons. The summed E-state index contributed by atoms with van der Waals surface area (Å²) in [6.45, 7) is 10.5. The van der Waals surface area contributed by atoms with Crippen LogP contribution in [0.4, 0.5) is 4.39 Å². The summed E-state index contributed by atoms with van der Waals surface area (Å²) in [5.41, 5.74) is 0.971. The van der Waals surface area contributed by atoms with Crippen molar-refractivity contribution in [2.45, 2.75) is 44.7 Å². The Labute approximate surface area is 125 Å². The van der Waals surface area contributed by atoms with Crippen LogP contribution in [0.1, 0.15) is 44.7 Å². The van der Waals surface area contributed by atoms with E-state index in [4.69, 9.17) is 9.47 Å². The number of hydrogen-bond acceptors (Lipinski definition) is 3. The Bertz CT molecular complexity index is 595. The molecule has 1 aromatic carbocycles. The van der Waals surface area contributed by atoms with E-state index in [1.54, 1.807) is 6.08 Å². The first-order chi connectivity index (χ1) is 10.0. The summed E-state index contributed by atoms with van der Waals surface area (Å²) in [6.07, 6.45) is 3.81. The van der Waals surface area contributed by atoms with Crippen LogP contribution in [0.5, 0.6) is 11.5 Å². The molecule has 0 saturated heterocycles. The monoisotopic (exact) mass is 291 g/mol. The molecule has 2 aliphatic rings.